The van der Waals surface area contributed by atoms with Gasteiger partial charge in [-0.05, 0) is 53.4 Å². The second kappa shape index (κ2) is 11.9. The SMILES string of the molecule is CC(C)CNC(=O)[C@@H](C)N(Cc1cccc(Cl)c1)C(=O)CN(C)S(=O)(=O)c1ccc2ccccc2c1. The van der Waals surface area contributed by atoms with Gasteiger partial charge in [0.25, 0.3) is 0 Å². The maximum atomic E-state index is 13.4. The highest BCUT2D eigenvalue weighted by molar-refractivity contribution is 7.89. The number of halogens is 1. The van der Waals surface area contributed by atoms with Gasteiger partial charge >= 0.3 is 0 Å². The van der Waals surface area contributed by atoms with Crippen LogP contribution in [0.25, 0.3) is 10.8 Å². The Morgan fingerprint density at radius 3 is 2.31 bits per heavy atom. The van der Waals surface area contributed by atoms with Gasteiger partial charge in [0.1, 0.15) is 6.04 Å². The third kappa shape index (κ3) is 6.84. The highest BCUT2D eigenvalue weighted by atomic mass is 35.5. The molecule has 7 nitrogen and oxygen atoms in total. The Morgan fingerprint density at radius 2 is 1.64 bits per heavy atom. The minimum atomic E-state index is -3.94. The number of carbonyl (C=O) groups is 2. The number of benzene rings is 3. The lowest BCUT2D eigenvalue weighted by atomic mass is 10.1. The molecule has 0 aliphatic heterocycles. The van der Waals surface area contributed by atoms with Crippen LogP contribution >= 0.6 is 11.6 Å². The number of amides is 2. The molecule has 3 aromatic carbocycles. The van der Waals surface area contributed by atoms with Crippen LogP contribution in [0, 0.1) is 5.92 Å². The van der Waals surface area contributed by atoms with Gasteiger partial charge in [-0.3, -0.25) is 9.59 Å². The molecule has 36 heavy (non-hydrogen) atoms. The van der Waals surface area contributed by atoms with E-state index in [1.807, 2.05) is 38.1 Å². The first kappa shape index (κ1) is 27.6. The number of carbonyl (C=O) groups excluding carboxylic acids is 2. The molecule has 2 amide bonds. The number of fused-ring (bicyclic) bond motifs is 1. The summed E-state index contributed by atoms with van der Waals surface area (Å²) in [5, 5.41) is 5.07. The van der Waals surface area contributed by atoms with Crippen LogP contribution in [-0.2, 0) is 26.2 Å². The number of likely N-dealkylation sites (N-methyl/N-ethyl adjacent to an activating group) is 1. The first-order chi connectivity index (χ1) is 17.0. The largest absolute Gasteiger partial charge is 0.354 e. The van der Waals surface area contributed by atoms with Crippen molar-refractivity contribution in [2.45, 2.75) is 38.3 Å². The van der Waals surface area contributed by atoms with Gasteiger partial charge in [0.15, 0.2) is 0 Å². The summed E-state index contributed by atoms with van der Waals surface area (Å²) in [6.45, 7) is 5.75. The Labute approximate surface area is 218 Å². The van der Waals surface area contributed by atoms with Crippen LogP contribution in [0.3, 0.4) is 0 Å². The van der Waals surface area contributed by atoms with Gasteiger partial charge in [0.05, 0.1) is 11.4 Å². The van der Waals surface area contributed by atoms with Gasteiger partial charge in [0, 0.05) is 25.2 Å². The van der Waals surface area contributed by atoms with Crippen LogP contribution in [0.2, 0.25) is 5.02 Å². The topological polar surface area (TPSA) is 86.8 Å². The normalized spacial score (nSPS) is 12.6. The zero-order valence-corrected chi connectivity index (χ0v) is 22.5. The van der Waals surface area contributed by atoms with Crippen LogP contribution in [0.5, 0.6) is 0 Å². The van der Waals surface area contributed by atoms with E-state index in [2.05, 4.69) is 5.32 Å². The Balaban J connectivity index is 1.83. The number of rotatable bonds is 10. The zero-order valence-electron chi connectivity index (χ0n) is 20.9. The van der Waals surface area contributed by atoms with Crippen molar-refractivity contribution in [3.8, 4) is 0 Å². The van der Waals surface area contributed by atoms with E-state index in [0.29, 0.717) is 11.6 Å². The number of sulfonamides is 1. The van der Waals surface area contributed by atoms with Crippen molar-refractivity contribution < 1.29 is 18.0 Å². The molecule has 1 N–H and O–H groups in total. The van der Waals surface area contributed by atoms with E-state index < -0.39 is 28.5 Å². The maximum absolute atomic E-state index is 13.4. The fourth-order valence-corrected chi connectivity index (χ4v) is 5.11. The van der Waals surface area contributed by atoms with Crippen LogP contribution in [-0.4, -0.2) is 55.6 Å². The summed E-state index contributed by atoms with van der Waals surface area (Å²) in [6.07, 6.45) is 0. The van der Waals surface area contributed by atoms with Crippen LogP contribution in [0.15, 0.2) is 71.6 Å². The van der Waals surface area contributed by atoms with Crippen molar-refractivity contribution in [3.05, 3.63) is 77.3 Å². The molecule has 3 aromatic rings. The molecule has 3 rings (SSSR count). The van der Waals surface area contributed by atoms with E-state index >= 15 is 0 Å². The quantitative estimate of drug-likeness (QED) is 0.424. The predicted octanol–water partition coefficient (Wildman–Crippen LogP) is 4.30. The number of nitrogens with zero attached hydrogens (tertiary/aromatic N) is 2. The molecule has 1 atom stereocenters. The van der Waals surface area contributed by atoms with Crippen LogP contribution < -0.4 is 5.32 Å². The molecule has 0 unspecified atom stereocenters. The van der Waals surface area contributed by atoms with E-state index in [4.69, 9.17) is 11.6 Å². The number of nitrogens with one attached hydrogen (secondary N) is 1. The molecule has 0 saturated carbocycles. The van der Waals surface area contributed by atoms with Crippen molar-refractivity contribution in [1.29, 1.82) is 0 Å². The van der Waals surface area contributed by atoms with Gasteiger partial charge in [0.2, 0.25) is 21.8 Å². The molecule has 192 valence electrons. The Hall–Kier alpha value is -2.94. The van der Waals surface area contributed by atoms with E-state index in [1.165, 1.54) is 18.0 Å². The molecular formula is C27H32ClN3O4S. The number of hydrogen-bond acceptors (Lipinski definition) is 4. The van der Waals surface area contributed by atoms with Gasteiger partial charge in [-0.15, -0.1) is 0 Å². The summed E-state index contributed by atoms with van der Waals surface area (Å²) >= 11 is 6.12. The van der Waals surface area contributed by atoms with Gasteiger partial charge in [-0.2, -0.15) is 4.31 Å². The second-order valence-electron chi connectivity index (χ2n) is 9.24. The average molecular weight is 530 g/mol. The summed E-state index contributed by atoms with van der Waals surface area (Å²) < 4.78 is 27.6. The maximum Gasteiger partial charge on any atom is 0.243 e. The molecule has 0 aromatic heterocycles. The molecular weight excluding hydrogens is 498 g/mol. The predicted molar refractivity (Wildman–Crippen MR) is 143 cm³/mol. The standard InChI is InChI=1S/C27H32ClN3O4S/c1-19(2)16-29-27(33)20(3)31(17-21-8-7-11-24(28)14-21)26(32)18-30(4)36(34,35)25-13-12-22-9-5-6-10-23(22)15-25/h5-15,19-20H,16-18H2,1-4H3,(H,29,33)/t20-/m1/s1. The molecule has 0 heterocycles. The molecule has 0 bridgehead atoms. The third-order valence-electron chi connectivity index (χ3n) is 5.88. The van der Waals surface area contributed by atoms with Crippen molar-refractivity contribution in [1.82, 2.24) is 14.5 Å². The molecule has 9 heteroatoms. The second-order valence-corrected chi connectivity index (χ2v) is 11.7. The minimum Gasteiger partial charge on any atom is -0.354 e. The van der Waals surface area contributed by atoms with Crippen molar-refractivity contribution in [2.75, 3.05) is 20.1 Å². The van der Waals surface area contributed by atoms with Gasteiger partial charge < -0.3 is 10.2 Å². The fourth-order valence-electron chi connectivity index (χ4n) is 3.74. The van der Waals surface area contributed by atoms with Crippen molar-refractivity contribution in [3.63, 3.8) is 0 Å². The highest BCUT2D eigenvalue weighted by Gasteiger charge is 2.30. The Morgan fingerprint density at radius 1 is 0.944 bits per heavy atom. The van der Waals surface area contributed by atoms with E-state index in [0.717, 1.165) is 20.6 Å². The number of hydrogen-bond donors (Lipinski definition) is 1. The smallest absolute Gasteiger partial charge is 0.243 e. The monoisotopic (exact) mass is 529 g/mol. The van der Waals surface area contributed by atoms with Crippen molar-refractivity contribution >= 4 is 44.2 Å². The molecule has 0 radical (unpaired) electrons. The summed E-state index contributed by atoms with van der Waals surface area (Å²) in [5.41, 5.74) is 0.736. The van der Waals surface area contributed by atoms with Gasteiger partial charge in [-0.25, -0.2) is 8.42 Å². The summed E-state index contributed by atoms with van der Waals surface area (Å²) in [6, 6.07) is 18.5. The third-order valence-corrected chi connectivity index (χ3v) is 7.92. The Kier molecular flexibility index (Phi) is 9.11. The lowest BCUT2D eigenvalue weighted by Crippen LogP contribution is -2.51. The molecule has 0 saturated heterocycles. The molecule has 0 fully saturated rings. The average Bonchev–Trinajstić information content (AvgIpc) is 2.84. The fraction of sp³-hybridized carbons (Fsp3) is 0.333. The molecule has 0 aliphatic carbocycles. The highest BCUT2D eigenvalue weighted by Crippen LogP contribution is 2.22. The lowest BCUT2D eigenvalue weighted by Gasteiger charge is -2.30. The van der Waals surface area contributed by atoms with E-state index in [-0.39, 0.29) is 23.3 Å². The molecule has 0 spiro atoms. The lowest BCUT2D eigenvalue weighted by molar-refractivity contribution is -0.140. The summed E-state index contributed by atoms with van der Waals surface area (Å²) in [5.74, 6) is -0.551. The zero-order chi connectivity index (χ0) is 26.5. The minimum absolute atomic E-state index is 0.0978. The van der Waals surface area contributed by atoms with Crippen LogP contribution in [0.1, 0.15) is 26.3 Å². The first-order valence-electron chi connectivity index (χ1n) is 11.8. The van der Waals surface area contributed by atoms with Gasteiger partial charge in [-0.1, -0.05) is 67.9 Å². The Bertz CT molecular complexity index is 1340. The van der Waals surface area contributed by atoms with Crippen LogP contribution in [0.4, 0.5) is 0 Å². The van der Waals surface area contributed by atoms with Crippen molar-refractivity contribution in [2.24, 2.45) is 5.92 Å². The summed E-state index contributed by atoms with van der Waals surface area (Å²) in [4.78, 5) is 27.7. The first-order valence-corrected chi connectivity index (χ1v) is 13.6. The van der Waals surface area contributed by atoms with E-state index in [1.54, 1.807) is 43.3 Å². The summed E-state index contributed by atoms with van der Waals surface area (Å²) in [7, 11) is -2.58. The van der Waals surface area contributed by atoms with E-state index in [9.17, 15) is 18.0 Å². The molecule has 0 aliphatic rings.